The summed E-state index contributed by atoms with van der Waals surface area (Å²) >= 11 is 0. The minimum absolute atomic E-state index is 0. The molecule has 0 aliphatic rings. The molecule has 1 rings (SSSR count). The number of aryl methyl sites for hydroxylation is 2. The molecule has 0 bridgehead atoms. The zero-order valence-electron chi connectivity index (χ0n) is 30.6. The van der Waals surface area contributed by atoms with Gasteiger partial charge in [-0.1, -0.05) is 213 Å². The van der Waals surface area contributed by atoms with Gasteiger partial charge in [0.15, 0.2) is 0 Å². The summed E-state index contributed by atoms with van der Waals surface area (Å²) in [5, 5.41) is 0. The predicted octanol–water partition coefficient (Wildman–Crippen LogP) is 10.8. The average Bonchev–Trinajstić information content (AvgIpc) is 3.43. The lowest BCUT2D eigenvalue weighted by molar-refractivity contribution is -0.671. The second kappa shape index (κ2) is 35.4. The van der Waals surface area contributed by atoms with Crippen molar-refractivity contribution in [1.82, 2.24) is 4.57 Å². The van der Waals surface area contributed by atoms with Gasteiger partial charge in [0, 0.05) is 0 Å². The zero-order chi connectivity index (χ0) is 30.9. The maximum absolute atomic E-state index is 2.33. The van der Waals surface area contributed by atoms with Crippen molar-refractivity contribution in [3.8, 4) is 0 Å². The van der Waals surface area contributed by atoms with Gasteiger partial charge in [-0.25, -0.2) is 9.13 Å². The summed E-state index contributed by atoms with van der Waals surface area (Å²) in [6, 6.07) is 0. The summed E-state index contributed by atoms with van der Waals surface area (Å²) in [5.74, 6) is 1.02. The monoisotopic (exact) mass is 637 g/mol. The summed E-state index contributed by atoms with van der Waals surface area (Å²) in [7, 11) is 2.11. The molecule has 0 spiro atoms. The Morgan fingerprint density at radius 1 is 0.432 bits per heavy atom. The molecule has 262 valence electrons. The van der Waals surface area contributed by atoms with E-state index in [1.165, 1.54) is 218 Å². The van der Waals surface area contributed by atoms with Crippen LogP contribution in [0.2, 0.25) is 0 Å². The molecule has 0 aliphatic carbocycles. The lowest BCUT2D eigenvalue weighted by Gasteiger charge is -2.17. The lowest BCUT2D eigenvalue weighted by atomic mass is 9.89. The maximum atomic E-state index is 2.33. The van der Waals surface area contributed by atoms with E-state index < -0.39 is 0 Å². The molecule has 3 heteroatoms. The molecule has 0 aromatic carbocycles. The first-order valence-corrected chi connectivity index (χ1v) is 20.3. The van der Waals surface area contributed by atoms with Crippen LogP contribution >= 0.6 is 0 Å². The van der Waals surface area contributed by atoms with Gasteiger partial charge in [0.05, 0.1) is 13.6 Å². The number of rotatable bonds is 35. The number of hydrogen-bond acceptors (Lipinski definition) is 0. The van der Waals surface area contributed by atoms with E-state index >= 15 is 0 Å². The Hall–Kier alpha value is -0.500. The Bertz CT molecular complexity index is 657. The van der Waals surface area contributed by atoms with E-state index in [-0.39, 0.29) is 12.4 Å². The van der Waals surface area contributed by atoms with E-state index in [9.17, 15) is 0 Å². The van der Waals surface area contributed by atoms with Gasteiger partial charge in [-0.2, -0.15) is 0 Å². The van der Waals surface area contributed by atoms with Crippen LogP contribution < -0.4 is 17.0 Å². The van der Waals surface area contributed by atoms with Crippen LogP contribution in [-0.4, -0.2) is 4.57 Å². The van der Waals surface area contributed by atoms with Crippen LogP contribution in [0.1, 0.15) is 226 Å². The Balaban J connectivity index is 0.0000185. The summed E-state index contributed by atoms with van der Waals surface area (Å²) < 4.78 is 4.47. The summed E-state index contributed by atoms with van der Waals surface area (Å²) in [6.45, 7) is 5.82. The van der Waals surface area contributed by atoms with Crippen molar-refractivity contribution in [3.05, 3.63) is 18.7 Å². The predicted molar refractivity (Wildman–Crippen MR) is 193 cm³/mol. The minimum Gasteiger partial charge on any atom is -1.00 e. The zero-order valence-corrected chi connectivity index (χ0v) is 31.4. The van der Waals surface area contributed by atoms with Gasteiger partial charge in [-0.3, -0.25) is 0 Å². The fraction of sp³-hybridized carbons (Fsp3) is 0.927. The molecule has 0 saturated heterocycles. The van der Waals surface area contributed by atoms with Crippen molar-refractivity contribution < 1.29 is 17.0 Å². The largest absolute Gasteiger partial charge is 1.00 e. The maximum Gasteiger partial charge on any atom is 0.243 e. The molecular formula is C41H81ClN2. The van der Waals surface area contributed by atoms with Gasteiger partial charge in [-0.05, 0) is 18.8 Å². The van der Waals surface area contributed by atoms with Gasteiger partial charge in [-0.15, -0.1) is 0 Å². The van der Waals surface area contributed by atoms with Crippen LogP contribution in [0, 0.1) is 5.92 Å². The molecule has 1 unspecified atom stereocenters. The average molecular weight is 638 g/mol. The minimum atomic E-state index is 0. The molecule has 1 heterocycles. The summed E-state index contributed by atoms with van der Waals surface area (Å²) in [5.41, 5.74) is 0. The van der Waals surface area contributed by atoms with Crippen LogP contribution in [0.3, 0.4) is 0 Å². The van der Waals surface area contributed by atoms with Crippen LogP contribution in [0.25, 0.3) is 0 Å². The van der Waals surface area contributed by atoms with Crippen molar-refractivity contribution >= 4 is 0 Å². The first-order valence-electron chi connectivity index (χ1n) is 20.3. The molecular weight excluding hydrogens is 556 g/mol. The quantitative estimate of drug-likeness (QED) is 0.0517. The van der Waals surface area contributed by atoms with E-state index in [1.54, 1.807) is 0 Å². The van der Waals surface area contributed by atoms with E-state index in [0.29, 0.717) is 0 Å². The van der Waals surface area contributed by atoms with Crippen molar-refractivity contribution in [2.45, 2.75) is 232 Å². The molecule has 0 fully saturated rings. The highest BCUT2D eigenvalue weighted by atomic mass is 35.5. The number of halogens is 1. The molecule has 0 saturated carbocycles. The standard InChI is InChI=1S/C41H81N2.ClH/c1-4-6-8-10-12-14-15-16-17-18-19-20-21-23-27-31-35-41(34-30-26-22-13-11-9-7-5-2)36-32-28-24-25-29-33-37-43-39-38-42(3)40-43;/h38-41H,4-37H2,1-3H3;1H/q+1;/p-1. The van der Waals surface area contributed by atoms with Crippen molar-refractivity contribution in [2.75, 3.05) is 0 Å². The smallest absolute Gasteiger partial charge is 0.243 e. The fourth-order valence-electron chi connectivity index (χ4n) is 7.05. The molecule has 0 amide bonds. The number of aromatic nitrogens is 2. The summed E-state index contributed by atoms with van der Waals surface area (Å²) in [4.78, 5) is 0. The van der Waals surface area contributed by atoms with E-state index in [4.69, 9.17) is 0 Å². The first kappa shape index (κ1) is 43.5. The summed E-state index contributed by atoms with van der Waals surface area (Å²) in [6.07, 6.45) is 54.9. The normalized spacial score (nSPS) is 12.1. The Morgan fingerprint density at radius 2 is 0.727 bits per heavy atom. The molecule has 2 nitrogen and oxygen atoms in total. The van der Waals surface area contributed by atoms with Crippen molar-refractivity contribution in [3.63, 3.8) is 0 Å². The van der Waals surface area contributed by atoms with Gasteiger partial charge < -0.3 is 12.4 Å². The van der Waals surface area contributed by atoms with Gasteiger partial charge in [0.1, 0.15) is 12.4 Å². The fourth-order valence-corrected chi connectivity index (χ4v) is 7.05. The van der Waals surface area contributed by atoms with Crippen LogP contribution in [0.4, 0.5) is 0 Å². The molecule has 0 N–H and O–H groups in total. The van der Waals surface area contributed by atoms with Gasteiger partial charge in [0.25, 0.3) is 0 Å². The third-order valence-electron chi connectivity index (χ3n) is 10.0. The molecule has 1 atom stereocenters. The third kappa shape index (κ3) is 30.2. The highest BCUT2D eigenvalue weighted by Gasteiger charge is 2.09. The molecule has 0 radical (unpaired) electrons. The Morgan fingerprint density at radius 3 is 1.02 bits per heavy atom. The van der Waals surface area contributed by atoms with Crippen LogP contribution in [0.5, 0.6) is 0 Å². The van der Waals surface area contributed by atoms with E-state index in [0.717, 1.165) is 5.92 Å². The van der Waals surface area contributed by atoms with Crippen molar-refractivity contribution in [2.24, 2.45) is 13.0 Å². The topological polar surface area (TPSA) is 8.81 Å². The highest BCUT2D eigenvalue weighted by molar-refractivity contribution is 4.66. The second-order valence-corrected chi connectivity index (χ2v) is 14.4. The number of hydrogen-bond donors (Lipinski definition) is 0. The van der Waals surface area contributed by atoms with Crippen LogP contribution in [-0.2, 0) is 13.6 Å². The lowest BCUT2D eigenvalue weighted by Crippen LogP contribution is -3.00. The van der Waals surface area contributed by atoms with E-state index in [2.05, 4.69) is 48.8 Å². The third-order valence-corrected chi connectivity index (χ3v) is 10.0. The molecule has 1 aromatic rings. The van der Waals surface area contributed by atoms with Crippen molar-refractivity contribution in [1.29, 1.82) is 0 Å². The number of imidazole rings is 1. The van der Waals surface area contributed by atoms with Gasteiger partial charge in [0.2, 0.25) is 6.33 Å². The van der Waals surface area contributed by atoms with E-state index in [1.807, 2.05) is 0 Å². The number of nitrogens with zero attached hydrogens (tertiary/aromatic N) is 2. The Labute approximate surface area is 284 Å². The SMILES string of the molecule is CCCCCCCCCCCCCCCCCCC(CCCCCCCCCC)CCCCCCCCn1cc[n+](C)c1.[Cl-]. The molecule has 1 aromatic heterocycles. The number of unbranched alkanes of at least 4 members (excludes halogenated alkanes) is 27. The second-order valence-electron chi connectivity index (χ2n) is 14.4. The first-order chi connectivity index (χ1) is 21.3. The highest BCUT2D eigenvalue weighted by Crippen LogP contribution is 2.25. The van der Waals surface area contributed by atoms with Gasteiger partial charge >= 0.3 is 0 Å². The molecule has 0 aliphatic heterocycles. The van der Waals surface area contributed by atoms with Crippen LogP contribution in [0.15, 0.2) is 18.7 Å². The molecule has 44 heavy (non-hydrogen) atoms. The Kier molecular flexibility index (Phi) is 35.0.